The van der Waals surface area contributed by atoms with Crippen LogP contribution in [0, 0.1) is 10.1 Å². The predicted molar refractivity (Wildman–Crippen MR) is 65.9 cm³/mol. The summed E-state index contributed by atoms with van der Waals surface area (Å²) in [5.74, 6) is -1.16. The molecule has 2 aromatic rings. The van der Waals surface area contributed by atoms with Gasteiger partial charge in [0.25, 0.3) is 0 Å². The molecular formula is C10H10N6O4. The molecule has 0 fully saturated rings. The highest BCUT2D eigenvalue weighted by atomic mass is 16.6. The number of carbonyl (C=O) groups is 1. The number of nitrogens with zero attached hydrogens (tertiary/aromatic N) is 5. The minimum absolute atomic E-state index is 0.0214. The Labute approximate surface area is 112 Å². The van der Waals surface area contributed by atoms with Crippen LogP contribution in [0.4, 0.5) is 11.6 Å². The predicted octanol–water partition coefficient (Wildman–Crippen LogP) is 0.356. The van der Waals surface area contributed by atoms with Crippen molar-refractivity contribution in [1.29, 1.82) is 0 Å². The van der Waals surface area contributed by atoms with Crippen LogP contribution >= 0.6 is 0 Å². The average Bonchev–Trinajstić information content (AvgIpc) is 2.82. The molecule has 20 heavy (non-hydrogen) atoms. The van der Waals surface area contributed by atoms with Crippen LogP contribution in [0.1, 0.15) is 11.6 Å². The average molecular weight is 278 g/mol. The van der Waals surface area contributed by atoms with E-state index in [0.29, 0.717) is 5.56 Å². The van der Waals surface area contributed by atoms with Gasteiger partial charge in [0.1, 0.15) is 12.4 Å². The van der Waals surface area contributed by atoms with Crippen molar-refractivity contribution in [3.05, 3.63) is 40.5 Å². The highest BCUT2D eigenvalue weighted by molar-refractivity contribution is 5.78. The van der Waals surface area contributed by atoms with Gasteiger partial charge in [0.05, 0.1) is 11.1 Å². The fraction of sp³-hybridized carbons (Fsp3) is 0.200. The molecule has 0 spiro atoms. The van der Waals surface area contributed by atoms with Gasteiger partial charge in [0.15, 0.2) is 6.04 Å². The first kappa shape index (κ1) is 13.4. The summed E-state index contributed by atoms with van der Waals surface area (Å²) in [4.78, 5) is 28.5. The molecule has 0 aromatic carbocycles. The van der Waals surface area contributed by atoms with Crippen LogP contribution in [0.2, 0.25) is 0 Å². The lowest BCUT2D eigenvalue weighted by Crippen LogP contribution is -2.21. The second-order valence-electron chi connectivity index (χ2n) is 3.88. The molecular weight excluding hydrogens is 268 g/mol. The van der Waals surface area contributed by atoms with Gasteiger partial charge < -0.3 is 10.4 Å². The van der Waals surface area contributed by atoms with Gasteiger partial charge in [0, 0.05) is 18.8 Å². The number of hydrogen-bond acceptors (Lipinski definition) is 7. The van der Waals surface area contributed by atoms with Gasteiger partial charge in [-0.05, 0) is 0 Å². The maximum atomic E-state index is 11.2. The molecule has 0 saturated heterocycles. The van der Waals surface area contributed by atoms with E-state index in [1.165, 1.54) is 17.1 Å². The lowest BCUT2D eigenvalue weighted by Gasteiger charge is -2.12. The molecule has 0 saturated carbocycles. The van der Waals surface area contributed by atoms with E-state index >= 15 is 0 Å². The number of carboxylic acids is 1. The van der Waals surface area contributed by atoms with E-state index in [1.807, 2.05) is 0 Å². The molecule has 0 bridgehead atoms. The van der Waals surface area contributed by atoms with Gasteiger partial charge in [-0.2, -0.15) is 5.10 Å². The summed E-state index contributed by atoms with van der Waals surface area (Å²) in [6.07, 6.45) is 4.93. The molecule has 0 aliphatic rings. The summed E-state index contributed by atoms with van der Waals surface area (Å²) in [7, 11) is 1.66. The second-order valence-corrected chi connectivity index (χ2v) is 3.88. The Bertz CT molecular complexity index is 637. The maximum absolute atomic E-state index is 11.2. The third kappa shape index (κ3) is 2.85. The van der Waals surface area contributed by atoms with Crippen molar-refractivity contribution < 1.29 is 14.8 Å². The standard InChI is InChI=1S/C10H10N6O4/c1-15-5-6(2-13-15)8(9(17)18)14-10-11-3-7(4-12-10)16(19)20/h2-5,8H,1H3,(H,17,18)(H,11,12,14). The SMILES string of the molecule is Cn1cc(C(Nc2ncc([N+](=O)[O-])cn2)C(=O)O)cn1. The van der Waals surface area contributed by atoms with Crippen LogP contribution in [0.5, 0.6) is 0 Å². The quantitative estimate of drug-likeness (QED) is 0.590. The maximum Gasteiger partial charge on any atom is 0.331 e. The summed E-state index contributed by atoms with van der Waals surface area (Å²) < 4.78 is 1.46. The van der Waals surface area contributed by atoms with Gasteiger partial charge in [0.2, 0.25) is 5.95 Å². The number of nitrogens with one attached hydrogen (secondary N) is 1. The van der Waals surface area contributed by atoms with Crippen molar-refractivity contribution >= 4 is 17.6 Å². The van der Waals surface area contributed by atoms with Gasteiger partial charge in [-0.1, -0.05) is 0 Å². The fourth-order valence-electron chi connectivity index (χ4n) is 1.50. The number of aryl methyl sites for hydroxylation is 1. The molecule has 2 rings (SSSR count). The van der Waals surface area contributed by atoms with Gasteiger partial charge in [-0.3, -0.25) is 14.8 Å². The number of rotatable bonds is 5. The molecule has 1 unspecified atom stereocenters. The molecule has 10 heteroatoms. The molecule has 2 aromatic heterocycles. The Balaban J connectivity index is 2.20. The minimum Gasteiger partial charge on any atom is -0.479 e. The molecule has 0 amide bonds. The normalized spacial score (nSPS) is 11.8. The molecule has 104 valence electrons. The van der Waals surface area contributed by atoms with Crippen molar-refractivity contribution in [1.82, 2.24) is 19.7 Å². The Kier molecular flexibility index (Phi) is 3.55. The van der Waals surface area contributed by atoms with Crippen LogP contribution in [-0.4, -0.2) is 35.7 Å². The molecule has 0 aliphatic heterocycles. The largest absolute Gasteiger partial charge is 0.479 e. The van der Waals surface area contributed by atoms with Crippen molar-refractivity contribution in [2.75, 3.05) is 5.32 Å². The molecule has 2 N–H and O–H groups in total. The van der Waals surface area contributed by atoms with Crippen LogP contribution in [0.3, 0.4) is 0 Å². The van der Waals surface area contributed by atoms with Crippen molar-refractivity contribution in [2.24, 2.45) is 7.05 Å². The van der Waals surface area contributed by atoms with Gasteiger partial charge in [-0.25, -0.2) is 14.8 Å². The first-order valence-electron chi connectivity index (χ1n) is 5.41. The molecule has 2 heterocycles. The van der Waals surface area contributed by atoms with Crippen LogP contribution < -0.4 is 5.32 Å². The van der Waals surface area contributed by atoms with E-state index < -0.39 is 16.9 Å². The lowest BCUT2D eigenvalue weighted by molar-refractivity contribution is -0.385. The molecule has 1 atom stereocenters. The third-order valence-corrected chi connectivity index (χ3v) is 2.43. The number of nitro groups is 1. The van der Waals surface area contributed by atoms with E-state index in [1.54, 1.807) is 7.05 Å². The Hall–Kier alpha value is -3.04. The Morgan fingerprint density at radius 2 is 2.10 bits per heavy atom. The van der Waals surface area contributed by atoms with Crippen molar-refractivity contribution in [3.63, 3.8) is 0 Å². The van der Waals surface area contributed by atoms with E-state index in [0.717, 1.165) is 12.4 Å². The van der Waals surface area contributed by atoms with E-state index in [-0.39, 0.29) is 11.6 Å². The first-order chi connectivity index (χ1) is 9.47. The number of hydrogen-bond donors (Lipinski definition) is 2. The van der Waals surface area contributed by atoms with Gasteiger partial charge >= 0.3 is 11.7 Å². The monoisotopic (exact) mass is 278 g/mol. The number of aromatic nitrogens is 4. The number of carboxylic acid groups (broad SMARTS) is 1. The fourth-order valence-corrected chi connectivity index (χ4v) is 1.50. The zero-order valence-corrected chi connectivity index (χ0v) is 10.3. The Morgan fingerprint density at radius 1 is 1.45 bits per heavy atom. The second kappa shape index (κ2) is 5.30. The van der Waals surface area contributed by atoms with Crippen molar-refractivity contribution in [2.45, 2.75) is 6.04 Å². The molecule has 0 radical (unpaired) electrons. The highest BCUT2D eigenvalue weighted by Gasteiger charge is 2.22. The number of aliphatic carboxylic acids is 1. The van der Waals surface area contributed by atoms with Gasteiger partial charge in [-0.15, -0.1) is 0 Å². The molecule has 0 aliphatic carbocycles. The smallest absolute Gasteiger partial charge is 0.331 e. The summed E-state index contributed by atoms with van der Waals surface area (Å²) >= 11 is 0. The minimum atomic E-state index is -1.14. The first-order valence-corrected chi connectivity index (χ1v) is 5.41. The lowest BCUT2D eigenvalue weighted by atomic mass is 10.1. The van der Waals surface area contributed by atoms with E-state index in [9.17, 15) is 20.0 Å². The zero-order chi connectivity index (χ0) is 14.7. The van der Waals surface area contributed by atoms with E-state index in [2.05, 4.69) is 20.4 Å². The zero-order valence-electron chi connectivity index (χ0n) is 10.3. The summed E-state index contributed by atoms with van der Waals surface area (Å²) in [5.41, 5.74) is 0.144. The third-order valence-electron chi connectivity index (χ3n) is 2.43. The molecule has 10 nitrogen and oxygen atoms in total. The Morgan fingerprint density at radius 3 is 2.55 bits per heavy atom. The van der Waals surface area contributed by atoms with Crippen molar-refractivity contribution in [3.8, 4) is 0 Å². The highest BCUT2D eigenvalue weighted by Crippen LogP contribution is 2.17. The van der Waals surface area contributed by atoms with Crippen LogP contribution in [0.15, 0.2) is 24.8 Å². The van der Waals surface area contributed by atoms with E-state index in [4.69, 9.17) is 0 Å². The summed E-state index contributed by atoms with van der Waals surface area (Å²) in [6, 6.07) is -1.09. The summed E-state index contributed by atoms with van der Waals surface area (Å²) in [6.45, 7) is 0. The van der Waals surface area contributed by atoms with Crippen LogP contribution in [-0.2, 0) is 11.8 Å². The van der Waals surface area contributed by atoms with Crippen LogP contribution in [0.25, 0.3) is 0 Å². The summed E-state index contributed by atoms with van der Waals surface area (Å²) in [5, 5.41) is 26.1. The number of anilines is 1. The topological polar surface area (TPSA) is 136 Å².